The second-order valence-corrected chi connectivity index (χ2v) is 5.62. The summed E-state index contributed by atoms with van der Waals surface area (Å²) in [6, 6.07) is 16.5. The molecule has 0 saturated carbocycles. The van der Waals surface area contributed by atoms with E-state index in [1.807, 2.05) is 24.3 Å². The van der Waals surface area contributed by atoms with Crippen molar-refractivity contribution in [3.05, 3.63) is 76.1 Å². The third-order valence-corrected chi connectivity index (χ3v) is 4.05. The number of benzene rings is 2. The molecular formula is C16H14Cl2N. The van der Waals surface area contributed by atoms with E-state index >= 15 is 0 Å². The van der Waals surface area contributed by atoms with E-state index in [-0.39, 0.29) is 0 Å². The predicted octanol–water partition coefficient (Wildman–Crippen LogP) is 4.30. The van der Waals surface area contributed by atoms with Gasteiger partial charge in [0.15, 0.2) is 0 Å². The molecule has 0 aromatic heterocycles. The molecule has 2 aromatic carbocycles. The van der Waals surface area contributed by atoms with E-state index in [2.05, 4.69) is 36.0 Å². The predicted molar refractivity (Wildman–Crippen MR) is 80.8 cm³/mol. The third kappa shape index (κ3) is 2.79. The molecule has 2 aromatic rings. The zero-order chi connectivity index (χ0) is 13.2. The fourth-order valence-corrected chi connectivity index (χ4v) is 2.71. The summed E-state index contributed by atoms with van der Waals surface area (Å²) in [5.74, 6) is 0.309. The molecule has 1 aliphatic rings. The summed E-state index contributed by atoms with van der Waals surface area (Å²) in [5.41, 5.74) is 2.53. The smallest absolute Gasteiger partial charge is 0.0406 e. The average molecular weight is 291 g/mol. The highest BCUT2D eigenvalue weighted by molar-refractivity contribution is 6.30. The summed E-state index contributed by atoms with van der Waals surface area (Å²) in [5, 5.41) is 4.99. The molecule has 3 rings (SSSR count). The fourth-order valence-electron chi connectivity index (χ4n) is 2.46. The van der Waals surface area contributed by atoms with Crippen molar-refractivity contribution >= 4 is 23.2 Å². The summed E-state index contributed by atoms with van der Waals surface area (Å²) in [7, 11) is 0. The Morgan fingerprint density at radius 3 is 1.58 bits per heavy atom. The Bertz CT molecular complexity index is 498. The van der Waals surface area contributed by atoms with E-state index in [1.54, 1.807) is 0 Å². The van der Waals surface area contributed by atoms with Crippen LogP contribution in [0.4, 0.5) is 0 Å². The lowest BCUT2D eigenvalue weighted by molar-refractivity contribution is 0.439. The molecule has 1 unspecified atom stereocenters. The zero-order valence-electron chi connectivity index (χ0n) is 10.3. The molecule has 1 saturated heterocycles. The molecule has 1 nitrogen and oxygen atoms in total. The number of rotatable bonds is 3. The Balaban J connectivity index is 1.97. The van der Waals surface area contributed by atoms with Crippen LogP contribution in [0.5, 0.6) is 0 Å². The number of hydrogen-bond donors (Lipinski definition) is 1. The molecule has 1 heterocycles. The Hall–Kier alpha value is -1.02. The minimum absolute atomic E-state index is 0.309. The van der Waals surface area contributed by atoms with E-state index in [9.17, 15) is 0 Å². The monoisotopic (exact) mass is 290 g/mol. The van der Waals surface area contributed by atoms with E-state index in [4.69, 9.17) is 23.2 Å². The van der Waals surface area contributed by atoms with Gasteiger partial charge in [0, 0.05) is 28.5 Å². The van der Waals surface area contributed by atoms with Gasteiger partial charge in [-0.3, -0.25) is 0 Å². The van der Waals surface area contributed by atoms with Gasteiger partial charge in [0.2, 0.25) is 0 Å². The summed E-state index contributed by atoms with van der Waals surface area (Å²) in [6.45, 7) is 0.975. The first-order chi connectivity index (χ1) is 9.24. The molecule has 1 fully saturated rings. The van der Waals surface area contributed by atoms with E-state index in [0.29, 0.717) is 12.0 Å². The summed E-state index contributed by atoms with van der Waals surface area (Å²) in [4.78, 5) is 0. The van der Waals surface area contributed by atoms with Gasteiger partial charge in [0.1, 0.15) is 0 Å². The molecule has 1 atom stereocenters. The van der Waals surface area contributed by atoms with Crippen molar-refractivity contribution in [2.24, 2.45) is 0 Å². The van der Waals surface area contributed by atoms with Crippen LogP contribution in [0.15, 0.2) is 48.5 Å². The van der Waals surface area contributed by atoms with Gasteiger partial charge in [-0.1, -0.05) is 47.5 Å². The third-order valence-electron chi connectivity index (χ3n) is 3.54. The Labute approximate surface area is 123 Å². The summed E-state index contributed by atoms with van der Waals surface area (Å²) >= 11 is 11.9. The molecule has 19 heavy (non-hydrogen) atoms. The van der Waals surface area contributed by atoms with E-state index < -0.39 is 0 Å². The normalized spacial score (nSPS) is 18.4. The highest BCUT2D eigenvalue weighted by Gasteiger charge is 2.29. The molecule has 1 N–H and O–H groups in total. The highest BCUT2D eigenvalue weighted by Crippen LogP contribution is 2.33. The van der Waals surface area contributed by atoms with Crippen molar-refractivity contribution in [2.75, 3.05) is 6.54 Å². The fraction of sp³-hybridized carbons (Fsp3) is 0.188. The van der Waals surface area contributed by atoms with Crippen molar-refractivity contribution < 1.29 is 0 Å². The van der Waals surface area contributed by atoms with Crippen LogP contribution in [0.2, 0.25) is 10.0 Å². The molecule has 0 aliphatic carbocycles. The molecule has 1 radical (unpaired) electrons. The maximum atomic E-state index is 5.97. The average Bonchev–Trinajstić information content (AvgIpc) is 2.36. The van der Waals surface area contributed by atoms with E-state index in [1.165, 1.54) is 11.1 Å². The van der Waals surface area contributed by atoms with Crippen LogP contribution < -0.4 is 5.32 Å². The first-order valence-corrected chi connectivity index (χ1v) is 7.07. The summed E-state index contributed by atoms with van der Waals surface area (Å²) < 4.78 is 0. The van der Waals surface area contributed by atoms with Crippen molar-refractivity contribution in [3.8, 4) is 0 Å². The topological polar surface area (TPSA) is 12.0 Å². The van der Waals surface area contributed by atoms with Crippen LogP contribution in [0, 0.1) is 6.42 Å². The standard InChI is InChI=1S/C16H14Cl2N/c17-13-5-1-11(2-6-13)16(15-9-10-19-15)12-3-7-14(18)8-4-12/h1-9,15-16,19H,10H2. The van der Waals surface area contributed by atoms with Crippen molar-refractivity contribution in [1.29, 1.82) is 0 Å². The second kappa shape index (κ2) is 5.54. The van der Waals surface area contributed by atoms with Gasteiger partial charge in [-0.15, -0.1) is 0 Å². The SMILES string of the molecule is Clc1ccc(C(c2ccc(Cl)cc2)C2[CH]CN2)cc1. The van der Waals surface area contributed by atoms with Gasteiger partial charge < -0.3 is 5.32 Å². The Kier molecular flexibility index (Phi) is 3.79. The molecule has 1 aliphatic heterocycles. The number of nitrogens with one attached hydrogen (secondary N) is 1. The molecular weight excluding hydrogens is 277 g/mol. The molecule has 0 spiro atoms. The first-order valence-electron chi connectivity index (χ1n) is 6.32. The van der Waals surface area contributed by atoms with Crippen molar-refractivity contribution in [3.63, 3.8) is 0 Å². The van der Waals surface area contributed by atoms with Crippen LogP contribution in [0.1, 0.15) is 17.0 Å². The van der Waals surface area contributed by atoms with Crippen LogP contribution in [-0.4, -0.2) is 12.6 Å². The van der Waals surface area contributed by atoms with Crippen LogP contribution >= 0.6 is 23.2 Å². The largest absolute Gasteiger partial charge is 0.312 e. The van der Waals surface area contributed by atoms with Crippen LogP contribution in [0.25, 0.3) is 0 Å². The molecule has 0 amide bonds. The maximum absolute atomic E-state index is 5.97. The van der Waals surface area contributed by atoms with Crippen molar-refractivity contribution in [2.45, 2.75) is 12.0 Å². The zero-order valence-corrected chi connectivity index (χ0v) is 11.8. The lowest BCUT2D eigenvalue weighted by Crippen LogP contribution is -2.48. The van der Waals surface area contributed by atoms with Gasteiger partial charge in [-0.05, 0) is 41.8 Å². The maximum Gasteiger partial charge on any atom is 0.0406 e. The minimum Gasteiger partial charge on any atom is -0.312 e. The number of halogens is 2. The first kappa shape index (κ1) is 13.0. The van der Waals surface area contributed by atoms with Gasteiger partial charge >= 0.3 is 0 Å². The lowest BCUT2D eigenvalue weighted by atomic mass is 9.81. The lowest BCUT2D eigenvalue weighted by Gasteiger charge is -2.35. The second-order valence-electron chi connectivity index (χ2n) is 4.75. The highest BCUT2D eigenvalue weighted by atomic mass is 35.5. The number of hydrogen-bond acceptors (Lipinski definition) is 1. The van der Waals surface area contributed by atoms with Crippen LogP contribution in [-0.2, 0) is 0 Å². The van der Waals surface area contributed by atoms with Gasteiger partial charge in [0.25, 0.3) is 0 Å². The van der Waals surface area contributed by atoms with Gasteiger partial charge in [0.05, 0.1) is 0 Å². The quantitative estimate of drug-likeness (QED) is 0.889. The molecule has 0 bridgehead atoms. The van der Waals surface area contributed by atoms with Gasteiger partial charge in [-0.25, -0.2) is 0 Å². The molecule has 97 valence electrons. The van der Waals surface area contributed by atoms with Crippen molar-refractivity contribution in [1.82, 2.24) is 5.32 Å². The van der Waals surface area contributed by atoms with E-state index in [0.717, 1.165) is 16.6 Å². The minimum atomic E-state index is 0.309. The summed E-state index contributed by atoms with van der Waals surface area (Å²) in [6.07, 6.45) is 2.30. The Morgan fingerprint density at radius 2 is 1.26 bits per heavy atom. The van der Waals surface area contributed by atoms with Crippen LogP contribution in [0.3, 0.4) is 0 Å². The van der Waals surface area contributed by atoms with Gasteiger partial charge in [-0.2, -0.15) is 0 Å². The molecule has 3 heteroatoms. The Morgan fingerprint density at radius 1 is 0.842 bits per heavy atom.